The van der Waals surface area contributed by atoms with E-state index in [0.717, 1.165) is 31.5 Å². The normalized spacial score (nSPS) is 12.9. The number of carbonyl (C=O) groups excluding carboxylic acids is 2. The second kappa shape index (κ2) is 11.6. The van der Waals surface area contributed by atoms with Gasteiger partial charge in [-0.15, -0.1) is 0 Å². The molecule has 0 atom stereocenters. The van der Waals surface area contributed by atoms with Gasteiger partial charge in [-0.3, -0.25) is 4.79 Å². The van der Waals surface area contributed by atoms with Crippen molar-refractivity contribution in [2.45, 2.75) is 38.5 Å². The third-order valence-corrected chi connectivity index (χ3v) is 5.18. The number of allylic oxidation sites excluding steroid dienone is 1. The summed E-state index contributed by atoms with van der Waals surface area (Å²) in [6.45, 7) is 0.720. The molecule has 6 heteroatoms. The maximum Gasteiger partial charge on any atom is 0.340 e. The number of nitrogens with zero attached hydrogens (tertiary/aromatic N) is 1. The molecule has 0 saturated carbocycles. The van der Waals surface area contributed by atoms with Crippen LogP contribution in [0.5, 0.6) is 0 Å². The minimum absolute atomic E-state index is 0.00918. The number of amides is 1. The molecular weight excluding hydrogens is 390 g/mol. The Bertz CT molecular complexity index is 992. The first kappa shape index (κ1) is 22.1. The van der Waals surface area contributed by atoms with E-state index in [1.54, 1.807) is 36.4 Å². The Morgan fingerprint density at radius 2 is 1.81 bits per heavy atom. The van der Waals surface area contributed by atoms with Crippen molar-refractivity contribution in [1.82, 2.24) is 0 Å². The number of hydrogen-bond donors (Lipinski definition) is 2. The van der Waals surface area contributed by atoms with Crippen LogP contribution in [-0.4, -0.2) is 25.0 Å². The average molecular weight is 418 g/mol. The van der Waals surface area contributed by atoms with Crippen molar-refractivity contribution in [2.75, 3.05) is 23.8 Å². The molecule has 1 aliphatic carbocycles. The van der Waals surface area contributed by atoms with E-state index >= 15 is 0 Å². The van der Waals surface area contributed by atoms with Crippen LogP contribution in [0.3, 0.4) is 0 Å². The molecule has 0 fully saturated rings. The van der Waals surface area contributed by atoms with Gasteiger partial charge < -0.3 is 15.4 Å². The van der Waals surface area contributed by atoms with Crippen molar-refractivity contribution < 1.29 is 14.3 Å². The lowest BCUT2D eigenvalue weighted by atomic mass is 9.97. The van der Waals surface area contributed by atoms with Crippen LogP contribution in [0.2, 0.25) is 0 Å². The third kappa shape index (κ3) is 6.71. The van der Waals surface area contributed by atoms with Gasteiger partial charge in [0.1, 0.15) is 12.7 Å². The zero-order valence-corrected chi connectivity index (χ0v) is 17.5. The van der Waals surface area contributed by atoms with Crippen molar-refractivity contribution in [2.24, 2.45) is 0 Å². The molecule has 0 radical (unpaired) electrons. The molecule has 0 unspecified atom stereocenters. The standard InChI is InChI=1S/C25H27N3O3/c26-18-20-10-4-6-12-22(20)28-24(29)15-17-31-25(30)21-11-5-7-13-23(21)27-16-14-19-8-2-1-3-9-19/h4-8,10-13,27H,1-3,9,14-17H2,(H,28,29). The number of carbonyl (C=O) groups is 2. The average Bonchev–Trinajstić information content (AvgIpc) is 2.80. The highest BCUT2D eigenvalue weighted by Gasteiger charge is 2.14. The summed E-state index contributed by atoms with van der Waals surface area (Å²) in [6, 6.07) is 16.0. The Kier molecular flexibility index (Phi) is 8.24. The number of para-hydroxylation sites is 2. The van der Waals surface area contributed by atoms with Gasteiger partial charge in [-0.25, -0.2) is 4.79 Å². The van der Waals surface area contributed by atoms with E-state index in [1.165, 1.54) is 18.4 Å². The summed E-state index contributed by atoms with van der Waals surface area (Å²) in [5, 5.41) is 15.1. The molecule has 0 bridgehead atoms. The number of nitrogens with one attached hydrogen (secondary N) is 2. The highest BCUT2D eigenvalue weighted by Crippen LogP contribution is 2.21. The van der Waals surface area contributed by atoms with Gasteiger partial charge in [0.2, 0.25) is 5.91 Å². The first-order chi connectivity index (χ1) is 15.2. The smallest absolute Gasteiger partial charge is 0.340 e. The quantitative estimate of drug-likeness (QED) is 0.440. The molecule has 3 rings (SSSR count). The van der Waals surface area contributed by atoms with Crippen LogP contribution in [0, 0.1) is 11.3 Å². The summed E-state index contributed by atoms with van der Waals surface area (Å²) in [5.74, 6) is -0.784. The maximum absolute atomic E-state index is 12.5. The monoisotopic (exact) mass is 417 g/mol. The fourth-order valence-electron chi connectivity index (χ4n) is 3.52. The van der Waals surface area contributed by atoms with Crippen molar-refractivity contribution >= 4 is 23.3 Å². The lowest BCUT2D eigenvalue weighted by molar-refractivity contribution is -0.116. The molecule has 0 saturated heterocycles. The van der Waals surface area contributed by atoms with E-state index < -0.39 is 5.97 Å². The van der Waals surface area contributed by atoms with Gasteiger partial charge in [-0.05, 0) is 56.4 Å². The summed E-state index contributed by atoms with van der Waals surface area (Å²) >= 11 is 0. The fraction of sp³-hybridized carbons (Fsp3) is 0.320. The zero-order valence-electron chi connectivity index (χ0n) is 17.5. The molecule has 0 heterocycles. The molecule has 0 aromatic heterocycles. The number of benzene rings is 2. The first-order valence-corrected chi connectivity index (χ1v) is 10.6. The number of nitriles is 1. The Morgan fingerprint density at radius 3 is 2.58 bits per heavy atom. The van der Waals surface area contributed by atoms with Crippen LogP contribution in [0.15, 0.2) is 60.2 Å². The van der Waals surface area contributed by atoms with Crippen LogP contribution in [0.1, 0.15) is 54.4 Å². The number of esters is 1. The summed E-state index contributed by atoms with van der Waals surface area (Å²) in [6.07, 6.45) is 8.15. The molecule has 6 nitrogen and oxygen atoms in total. The highest BCUT2D eigenvalue weighted by atomic mass is 16.5. The van der Waals surface area contributed by atoms with Crippen molar-refractivity contribution in [1.29, 1.82) is 5.26 Å². The molecule has 0 aliphatic heterocycles. The van der Waals surface area contributed by atoms with Crippen molar-refractivity contribution in [3.8, 4) is 6.07 Å². The number of anilines is 2. The predicted octanol–water partition coefficient (Wildman–Crippen LogP) is 5.05. The van der Waals surface area contributed by atoms with Gasteiger partial charge in [0.25, 0.3) is 0 Å². The summed E-state index contributed by atoms with van der Waals surface area (Å²) in [7, 11) is 0. The van der Waals surface area contributed by atoms with Crippen LogP contribution >= 0.6 is 0 Å². The first-order valence-electron chi connectivity index (χ1n) is 10.6. The Hall–Kier alpha value is -3.59. The van der Waals surface area contributed by atoms with Crippen molar-refractivity contribution in [3.05, 3.63) is 71.3 Å². The Labute approximate surface area is 182 Å². The molecular formula is C25H27N3O3. The molecule has 160 valence electrons. The van der Waals surface area contributed by atoms with Gasteiger partial charge in [0.15, 0.2) is 0 Å². The van der Waals surface area contributed by atoms with E-state index in [2.05, 4.69) is 16.7 Å². The van der Waals surface area contributed by atoms with Crippen LogP contribution in [-0.2, 0) is 9.53 Å². The van der Waals surface area contributed by atoms with Crippen LogP contribution < -0.4 is 10.6 Å². The summed E-state index contributed by atoms with van der Waals surface area (Å²) in [4.78, 5) is 24.6. The minimum atomic E-state index is -0.467. The van der Waals surface area contributed by atoms with E-state index in [1.807, 2.05) is 18.2 Å². The second-order valence-electron chi connectivity index (χ2n) is 7.42. The zero-order chi connectivity index (χ0) is 21.9. The van der Waals surface area contributed by atoms with Crippen LogP contribution in [0.4, 0.5) is 11.4 Å². The van der Waals surface area contributed by atoms with Gasteiger partial charge in [0.05, 0.1) is 23.2 Å². The number of ether oxygens (including phenoxy) is 1. The molecule has 1 amide bonds. The Morgan fingerprint density at radius 1 is 1.03 bits per heavy atom. The molecule has 31 heavy (non-hydrogen) atoms. The topological polar surface area (TPSA) is 91.2 Å². The van der Waals surface area contributed by atoms with Gasteiger partial charge >= 0.3 is 5.97 Å². The largest absolute Gasteiger partial charge is 0.461 e. The van der Waals surface area contributed by atoms with Gasteiger partial charge in [0, 0.05) is 12.2 Å². The SMILES string of the molecule is N#Cc1ccccc1NC(=O)CCOC(=O)c1ccccc1NCCC1=CCCCC1. The molecule has 2 aromatic carbocycles. The van der Waals surface area contributed by atoms with E-state index in [-0.39, 0.29) is 18.9 Å². The van der Waals surface area contributed by atoms with Crippen LogP contribution in [0.25, 0.3) is 0 Å². The summed E-state index contributed by atoms with van der Waals surface area (Å²) in [5.41, 5.74) is 3.50. The maximum atomic E-state index is 12.5. The third-order valence-electron chi connectivity index (χ3n) is 5.18. The Balaban J connectivity index is 1.47. The molecule has 1 aliphatic rings. The predicted molar refractivity (Wildman–Crippen MR) is 121 cm³/mol. The minimum Gasteiger partial charge on any atom is -0.461 e. The number of hydrogen-bond acceptors (Lipinski definition) is 5. The molecule has 2 N–H and O–H groups in total. The fourth-order valence-corrected chi connectivity index (χ4v) is 3.52. The number of rotatable bonds is 9. The van der Waals surface area contributed by atoms with E-state index in [4.69, 9.17) is 10.00 Å². The lowest BCUT2D eigenvalue weighted by Gasteiger charge is -2.15. The second-order valence-corrected chi connectivity index (χ2v) is 7.42. The lowest BCUT2D eigenvalue weighted by Crippen LogP contribution is -2.17. The summed E-state index contributed by atoms with van der Waals surface area (Å²) < 4.78 is 5.31. The van der Waals surface area contributed by atoms with Gasteiger partial charge in [-0.2, -0.15) is 5.26 Å². The molecule has 2 aromatic rings. The van der Waals surface area contributed by atoms with Gasteiger partial charge in [-0.1, -0.05) is 35.9 Å². The van der Waals surface area contributed by atoms with E-state index in [9.17, 15) is 9.59 Å². The van der Waals surface area contributed by atoms with Crippen molar-refractivity contribution in [3.63, 3.8) is 0 Å². The highest BCUT2D eigenvalue weighted by molar-refractivity contribution is 5.96. The molecule has 0 spiro atoms. The van der Waals surface area contributed by atoms with E-state index in [0.29, 0.717) is 16.8 Å².